The third-order valence-electron chi connectivity index (χ3n) is 2.59. The summed E-state index contributed by atoms with van der Waals surface area (Å²) in [7, 11) is 0. The molecule has 0 aliphatic heterocycles. The van der Waals surface area contributed by atoms with Gasteiger partial charge in [0.25, 0.3) is 0 Å². The first-order chi connectivity index (χ1) is 8.40. The van der Waals surface area contributed by atoms with E-state index in [4.69, 9.17) is 5.11 Å². The molecule has 0 spiro atoms. The molecule has 0 amide bonds. The van der Waals surface area contributed by atoms with Gasteiger partial charge in [-0.1, -0.05) is 13.3 Å². The molecule has 0 aliphatic carbocycles. The largest absolute Gasteiger partial charge is 0.480 e. The van der Waals surface area contributed by atoms with Crippen LogP contribution in [0, 0.1) is 0 Å². The molecule has 0 aliphatic rings. The summed E-state index contributed by atoms with van der Waals surface area (Å²) in [6.07, 6.45) is 1.35. The van der Waals surface area contributed by atoms with Crippen LogP contribution >= 0.6 is 0 Å². The maximum Gasteiger partial charge on any atom is 0.337 e. The third kappa shape index (κ3) is 2.58. The topological polar surface area (TPSA) is 114 Å². The van der Waals surface area contributed by atoms with Gasteiger partial charge in [-0.15, -0.1) is 0 Å². The zero-order valence-corrected chi connectivity index (χ0v) is 10.2. The van der Waals surface area contributed by atoms with Gasteiger partial charge in [0.05, 0.1) is 0 Å². The Balaban J connectivity index is 3.45. The van der Waals surface area contributed by atoms with Crippen molar-refractivity contribution in [3.8, 4) is 0 Å². The van der Waals surface area contributed by atoms with E-state index in [-0.39, 0.29) is 6.54 Å². The zero-order valence-electron chi connectivity index (χ0n) is 10.2. The van der Waals surface area contributed by atoms with Crippen molar-refractivity contribution in [1.29, 1.82) is 0 Å². The van der Waals surface area contributed by atoms with Crippen molar-refractivity contribution in [3.05, 3.63) is 31.5 Å². The molecule has 18 heavy (non-hydrogen) atoms. The molecule has 0 fully saturated rings. The van der Waals surface area contributed by atoms with Crippen LogP contribution in [0.3, 0.4) is 0 Å². The number of rotatable bonds is 5. The molecule has 1 atom stereocenters. The molecule has 8 heteroatoms. The highest BCUT2D eigenvalue weighted by Crippen LogP contribution is 1.96. The van der Waals surface area contributed by atoms with Gasteiger partial charge in [-0.2, -0.15) is 0 Å². The smallest absolute Gasteiger partial charge is 0.337 e. The Kier molecular flexibility index (Phi) is 4.24. The number of aromatic amines is 1. The molecule has 0 saturated heterocycles. The Labute approximate surface area is 102 Å². The van der Waals surface area contributed by atoms with Gasteiger partial charge in [0.2, 0.25) is 0 Å². The highest BCUT2D eigenvalue weighted by Gasteiger charge is 2.20. The van der Waals surface area contributed by atoms with Gasteiger partial charge < -0.3 is 5.11 Å². The highest BCUT2D eigenvalue weighted by molar-refractivity contribution is 5.71. The van der Waals surface area contributed by atoms with Crippen LogP contribution in [0.4, 0.5) is 0 Å². The van der Waals surface area contributed by atoms with E-state index in [1.807, 2.05) is 11.9 Å². The second kappa shape index (κ2) is 5.48. The number of nitrogens with one attached hydrogen (secondary N) is 1. The maximum absolute atomic E-state index is 11.9. The Hall–Kier alpha value is -2.12. The van der Waals surface area contributed by atoms with Crippen molar-refractivity contribution in [2.24, 2.45) is 0 Å². The number of hydrogen-bond acceptors (Lipinski definition) is 4. The summed E-state index contributed by atoms with van der Waals surface area (Å²) in [5.41, 5.74) is -2.72. The molecular formula is C10H15N3O5. The molecule has 0 aromatic carbocycles. The molecule has 8 nitrogen and oxygen atoms in total. The quantitative estimate of drug-likeness (QED) is 0.712. The van der Waals surface area contributed by atoms with Gasteiger partial charge in [0, 0.05) is 6.54 Å². The lowest BCUT2D eigenvalue weighted by atomic mass is 10.3. The van der Waals surface area contributed by atoms with Gasteiger partial charge in [-0.25, -0.2) is 28.3 Å². The van der Waals surface area contributed by atoms with Gasteiger partial charge in [-0.3, -0.25) is 4.98 Å². The highest BCUT2D eigenvalue weighted by atomic mass is 16.4. The molecule has 1 heterocycles. The van der Waals surface area contributed by atoms with Crippen LogP contribution < -0.4 is 17.1 Å². The van der Waals surface area contributed by atoms with Crippen LogP contribution in [0.5, 0.6) is 0 Å². The van der Waals surface area contributed by atoms with Crippen LogP contribution in [-0.4, -0.2) is 25.2 Å². The van der Waals surface area contributed by atoms with Gasteiger partial charge in [-0.05, 0) is 13.3 Å². The molecule has 1 unspecified atom stereocenters. The van der Waals surface area contributed by atoms with Crippen molar-refractivity contribution in [3.63, 3.8) is 0 Å². The fraction of sp³-hybridized carbons (Fsp3) is 0.600. The summed E-state index contributed by atoms with van der Waals surface area (Å²) in [4.78, 5) is 47.6. The summed E-state index contributed by atoms with van der Waals surface area (Å²) < 4.78 is 1.36. The van der Waals surface area contributed by atoms with E-state index >= 15 is 0 Å². The van der Waals surface area contributed by atoms with Crippen LogP contribution in [0.1, 0.15) is 32.7 Å². The van der Waals surface area contributed by atoms with Crippen molar-refractivity contribution in [1.82, 2.24) is 14.1 Å². The first kappa shape index (κ1) is 13.9. The Morgan fingerprint density at radius 2 is 1.94 bits per heavy atom. The number of aromatic nitrogens is 3. The number of carboxylic acid groups (broad SMARTS) is 1. The molecule has 0 bridgehead atoms. The fourth-order valence-corrected chi connectivity index (χ4v) is 1.49. The minimum Gasteiger partial charge on any atom is -0.480 e. The summed E-state index contributed by atoms with van der Waals surface area (Å²) in [5.74, 6) is -1.32. The number of unbranched alkanes of at least 4 members (excludes halogenated alkanes) is 1. The SMILES string of the molecule is CCCCn1c(=O)[nH]c(=O)n(C(C)C(=O)O)c1=O. The Bertz CT molecular complexity index is 609. The third-order valence-corrected chi connectivity index (χ3v) is 2.59. The average Bonchev–Trinajstić information content (AvgIpc) is 2.28. The van der Waals surface area contributed by atoms with E-state index < -0.39 is 29.1 Å². The number of H-pyrrole nitrogens is 1. The number of hydrogen-bond donors (Lipinski definition) is 2. The van der Waals surface area contributed by atoms with Gasteiger partial charge in [0.15, 0.2) is 0 Å². The second-order valence-corrected chi connectivity index (χ2v) is 3.91. The van der Waals surface area contributed by atoms with E-state index in [1.54, 1.807) is 0 Å². The van der Waals surface area contributed by atoms with Crippen LogP contribution in [0.2, 0.25) is 0 Å². The second-order valence-electron chi connectivity index (χ2n) is 3.91. The molecule has 100 valence electrons. The molecule has 1 rings (SSSR count). The lowest BCUT2D eigenvalue weighted by molar-refractivity contribution is -0.140. The minimum atomic E-state index is -1.32. The first-order valence-corrected chi connectivity index (χ1v) is 5.58. The van der Waals surface area contributed by atoms with Gasteiger partial charge >= 0.3 is 23.0 Å². The zero-order chi connectivity index (χ0) is 13.9. The molecule has 1 aromatic rings. The van der Waals surface area contributed by atoms with E-state index in [0.29, 0.717) is 11.0 Å². The number of aliphatic carboxylic acids is 1. The van der Waals surface area contributed by atoms with Crippen molar-refractivity contribution < 1.29 is 9.90 Å². The van der Waals surface area contributed by atoms with Crippen LogP contribution in [0.25, 0.3) is 0 Å². The van der Waals surface area contributed by atoms with Crippen molar-refractivity contribution in [2.75, 3.05) is 0 Å². The van der Waals surface area contributed by atoms with Crippen molar-refractivity contribution in [2.45, 2.75) is 39.3 Å². The number of carbonyl (C=O) groups is 1. The Morgan fingerprint density at radius 1 is 1.33 bits per heavy atom. The molecule has 1 aromatic heterocycles. The first-order valence-electron chi connectivity index (χ1n) is 5.58. The van der Waals surface area contributed by atoms with E-state index in [1.165, 1.54) is 6.92 Å². The summed E-state index contributed by atoms with van der Waals surface area (Å²) >= 11 is 0. The lowest BCUT2D eigenvalue weighted by Crippen LogP contribution is -2.51. The summed E-state index contributed by atoms with van der Waals surface area (Å²) in [6.45, 7) is 3.24. The maximum atomic E-state index is 11.9. The number of nitrogens with zero attached hydrogens (tertiary/aromatic N) is 2. The van der Waals surface area contributed by atoms with Crippen LogP contribution in [-0.2, 0) is 11.3 Å². The van der Waals surface area contributed by atoms with Crippen LogP contribution in [0.15, 0.2) is 14.4 Å². The molecule has 2 N–H and O–H groups in total. The van der Waals surface area contributed by atoms with E-state index in [2.05, 4.69) is 0 Å². The van der Waals surface area contributed by atoms with Crippen molar-refractivity contribution >= 4 is 5.97 Å². The monoisotopic (exact) mass is 257 g/mol. The molecular weight excluding hydrogens is 242 g/mol. The Morgan fingerprint density at radius 3 is 2.44 bits per heavy atom. The number of carboxylic acids is 1. The van der Waals surface area contributed by atoms with E-state index in [0.717, 1.165) is 11.0 Å². The minimum absolute atomic E-state index is 0.150. The fourth-order valence-electron chi connectivity index (χ4n) is 1.49. The summed E-state index contributed by atoms with van der Waals surface area (Å²) in [6, 6.07) is -1.32. The predicted molar refractivity (Wildman–Crippen MR) is 62.8 cm³/mol. The summed E-state index contributed by atoms with van der Waals surface area (Å²) in [5, 5.41) is 8.82. The molecule has 0 radical (unpaired) electrons. The standard InChI is InChI=1S/C10H15N3O5/c1-3-4-5-12-8(16)11-9(17)13(10(12)18)6(2)7(14)15/h6H,3-5H2,1-2H3,(H,14,15)(H,11,16,17). The lowest BCUT2D eigenvalue weighted by Gasteiger charge is -2.11. The molecule has 0 saturated carbocycles. The average molecular weight is 257 g/mol. The van der Waals surface area contributed by atoms with Gasteiger partial charge in [0.1, 0.15) is 6.04 Å². The van der Waals surface area contributed by atoms with E-state index in [9.17, 15) is 19.2 Å². The normalized spacial score (nSPS) is 12.3. The predicted octanol–water partition coefficient (Wildman–Crippen LogP) is -0.856.